The molecule has 1 aromatic carbocycles. The van der Waals surface area contributed by atoms with Crippen LogP contribution in [0.5, 0.6) is 0 Å². The minimum Gasteiger partial charge on any atom is -0.383 e. The third kappa shape index (κ3) is 2.69. The first-order valence-corrected chi connectivity index (χ1v) is 9.54. The highest BCUT2D eigenvalue weighted by Crippen LogP contribution is 2.47. The van der Waals surface area contributed by atoms with Crippen LogP contribution in [0.25, 0.3) is 28.1 Å². The van der Waals surface area contributed by atoms with Crippen molar-refractivity contribution in [2.45, 2.75) is 25.0 Å². The Morgan fingerprint density at radius 1 is 1.28 bits per heavy atom. The topological polar surface area (TPSA) is 96.7 Å². The molecular formula is C19H18ClN5O4. The second-order valence-corrected chi connectivity index (χ2v) is 7.40. The molecule has 150 valence electrons. The standard InChI is InChI=1S/C19H18ClN5O4/c1-27-9-8-24-14-11(20)4-3-5-12(14)25-10-21-13(15(25)17(24)26)16-22-18(23-29-16)19(28-2)6-7-19/h3-5,10H,6-9H2,1-2H3. The van der Waals surface area contributed by atoms with Gasteiger partial charge < -0.3 is 18.6 Å². The second-order valence-electron chi connectivity index (χ2n) is 6.99. The van der Waals surface area contributed by atoms with Crippen LogP contribution in [-0.4, -0.2) is 44.9 Å². The Hall–Kier alpha value is -2.75. The summed E-state index contributed by atoms with van der Waals surface area (Å²) in [4.78, 5) is 22.3. The van der Waals surface area contributed by atoms with Crippen molar-refractivity contribution in [1.29, 1.82) is 0 Å². The SMILES string of the molecule is COCCn1c(=O)c2c(-c3nc(C4(OC)CC4)no3)ncn2c2cccc(Cl)c21. The third-order valence-corrected chi connectivity index (χ3v) is 5.67. The van der Waals surface area contributed by atoms with Crippen molar-refractivity contribution in [3.8, 4) is 11.6 Å². The zero-order chi connectivity index (χ0) is 20.2. The minimum absolute atomic E-state index is 0.183. The number of hydrogen-bond acceptors (Lipinski definition) is 7. The summed E-state index contributed by atoms with van der Waals surface area (Å²) in [6.45, 7) is 0.708. The van der Waals surface area contributed by atoms with E-state index in [4.69, 9.17) is 25.6 Å². The van der Waals surface area contributed by atoms with Crippen LogP contribution in [0.15, 0.2) is 33.8 Å². The van der Waals surface area contributed by atoms with Gasteiger partial charge >= 0.3 is 0 Å². The zero-order valence-electron chi connectivity index (χ0n) is 15.9. The Balaban J connectivity index is 1.76. The molecule has 0 amide bonds. The fraction of sp³-hybridized carbons (Fsp3) is 0.368. The van der Waals surface area contributed by atoms with Crippen molar-refractivity contribution in [2.24, 2.45) is 0 Å². The molecule has 4 aromatic rings. The molecule has 3 heterocycles. The van der Waals surface area contributed by atoms with Crippen LogP contribution in [-0.2, 0) is 21.6 Å². The molecule has 1 fully saturated rings. The van der Waals surface area contributed by atoms with Crippen LogP contribution in [0.1, 0.15) is 18.7 Å². The lowest BCUT2D eigenvalue weighted by Gasteiger charge is -2.13. The molecule has 0 N–H and O–H groups in total. The molecule has 1 aliphatic rings. The number of rotatable bonds is 6. The van der Waals surface area contributed by atoms with Crippen molar-refractivity contribution in [3.05, 3.63) is 45.7 Å². The van der Waals surface area contributed by atoms with Crippen LogP contribution in [0.4, 0.5) is 0 Å². The molecule has 5 rings (SSSR count). The van der Waals surface area contributed by atoms with Gasteiger partial charge in [-0.1, -0.05) is 22.8 Å². The third-order valence-electron chi connectivity index (χ3n) is 5.36. The molecule has 1 aliphatic carbocycles. The largest absolute Gasteiger partial charge is 0.383 e. The molecule has 0 aliphatic heterocycles. The fourth-order valence-corrected chi connectivity index (χ4v) is 3.89. The number of hydrogen-bond donors (Lipinski definition) is 0. The lowest BCUT2D eigenvalue weighted by molar-refractivity contribution is 0.0689. The number of para-hydroxylation sites is 1. The van der Waals surface area contributed by atoms with Gasteiger partial charge in [0, 0.05) is 20.8 Å². The number of ether oxygens (including phenoxy) is 2. The summed E-state index contributed by atoms with van der Waals surface area (Å²) in [5, 5.41) is 4.53. The van der Waals surface area contributed by atoms with Gasteiger partial charge in [-0.25, -0.2) is 4.98 Å². The molecule has 1 saturated carbocycles. The van der Waals surface area contributed by atoms with Crippen molar-refractivity contribution in [2.75, 3.05) is 20.8 Å². The van der Waals surface area contributed by atoms with Gasteiger partial charge in [0.15, 0.2) is 5.69 Å². The molecule has 0 spiro atoms. The average molecular weight is 416 g/mol. The number of halogens is 1. The highest BCUT2D eigenvalue weighted by molar-refractivity contribution is 6.35. The van der Waals surface area contributed by atoms with E-state index in [1.807, 2.05) is 12.1 Å². The van der Waals surface area contributed by atoms with Crippen molar-refractivity contribution < 1.29 is 14.0 Å². The highest BCUT2D eigenvalue weighted by atomic mass is 35.5. The number of fused-ring (bicyclic) bond motifs is 3. The van der Waals surface area contributed by atoms with Crippen molar-refractivity contribution in [3.63, 3.8) is 0 Å². The first-order valence-electron chi connectivity index (χ1n) is 9.16. The van der Waals surface area contributed by atoms with Gasteiger partial charge in [0.25, 0.3) is 11.4 Å². The Bertz CT molecular complexity index is 1290. The molecule has 10 heteroatoms. The van der Waals surface area contributed by atoms with E-state index in [1.54, 1.807) is 35.6 Å². The average Bonchev–Trinajstić information content (AvgIpc) is 3.15. The molecular weight excluding hydrogens is 398 g/mol. The summed E-state index contributed by atoms with van der Waals surface area (Å²) < 4.78 is 19.4. The normalized spacial score (nSPS) is 15.4. The Morgan fingerprint density at radius 3 is 2.83 bits per heavy atom. The lowest BCUT2D eigenvalue weighted by Crippen LogP contribution is -2.25. The second kappa shape index (κ2) is 6.65. The Kier molecular flexibility index (Phi) is 4.19. The van der Waals surface area contributed by atoms with Crippen LogP contribution < -0.4 is 5.56 Å². The molecule has 0 atom stereocenters. The zero-order valence-corrected chi connectivity index (χ0v) is 16.6. The molecule has 9 nitrogen and oxygen atoms in total. The molecule has 0 bridgehead atoms. The summed E-state index contributed by atoms with van der Waals surface area (Å²) in [5.41, 5.74) is 1.29. The van der Waals surface area contributed by atoms with Gasteiger partial charge in [0.1, 0.15) is 17.4 Å². The van der Waals surface area contributed by atoms with Gasteiger partial charge in [-0.15, -0.1) is 0 Å². The molecule has 0 radical (unpaired) electrons. The van der Waals surface area contributed by atoms with E-state index in [1.165, 1.54) is 0 Å². The van der Waals surface area contributed by atoms with E-state index < -0.39 is 5.60 Å². The van der Waals surface area contributed by atoms with Gasteiger partial charge in [-0.3, -0.25) is 9.20 Å². The first kappa shape index (κ1) is 18.3. The van der Waals surface area contributed by atoms with Crippen LogP contribution in [0.2, 0.25) is 5.02 Å². The number of nitrogens with zero attached hydrogens (tertiary/aromatic N) is 5. The van der Waals surface area contributed by atoms with Crippen LogP contribution in [0, 0.1) is 0 Å². The predicted molar refractivity (Wildman–Crippen MR) is 105 cm³/mol. The van der Waals surface area contributed by atoms with Gasteiger partial charge in [0.2, 0.25) is 5.82 Å². The Labute approximate surface area is 169 Å². The maximum absolute atomic E-state index is 13.4. The van der Waals surface area contributed by atoms with Crippen LogP contribution >= 0.6 is 11.6 Å². The summed E-state index contributed by atoms with van der Waals surface area (Å²) in [7, 11) is 3.21. The maximum atomic E-state index is 13.4. The van der Waals surface area contributed by atoms with Crippen molar-refractivity contribution in [1.82, 2.24) is 24.1 Å². The minimum atomic E-state index is -0.490. The molecule has 0 saturated heterocycles. The van der Waals surface area contributed by atoms with E-state index in [0.717, 1.165) is 18.4 Å². The lowest BCUT2D eigenvalue weighted by atomic mass is 10.2. The number of benzene rings is 1. The molecule has 0 unspecified atom stereocenters. The maximum Gasteiger partial charge on any atom is 0.279 e. The molecule has 3 aromatic heterocycles. The van der Waals surface area contributed by atoms with Crippen molar-refractivity contribution >= 4 is 28.2 Å². The van der Waals surface area contributed by atoms with Gasteiger partial charge in [-0.05, 0) is 25.0 Å². The number of aromatic nitrogens is 5. The highest BCUT2D eigenvalue weighted by Gasteiger charge is 2.49. The predicted octanol–water partition coefficient (Wildman–Crippen LogP) is 2.63. The van der Waals surface area contributed by atoms with Gasteiger partial charge in [-0.2, -0.15) is 4.98 Å². The first-order chi connectivity index (χ1) is 14.1. The number of methoxy groups -OCH3 is 2. The summed E-state index contributed by atoms with van der Waals surface area (Å²) in [5.74, 6) is 0.655. The molecule has 29 heavy (non-hydrogen) atoms. The van der Waals surface area contributed by atoms with Gasteiger partial charge in [0.05, 0.1) is 22.7 Å². The number of imidazole rings is 1. The van der Waals surface area contributed by atoms with Crippen LogP contribution in [0.3, 0.4) is 0 Å². The summed E-state index contributed by atoms with van der Waals surface area (Å²) >= 11 is 6.42. The van der Waals surface area contributed by atoms with E-state index in [-0.39, 0.29) is 11.4 Å². The van der Waals surface area contributed by atoms with E-state index in [0.29, 0.717) is 40.7 Å². The smallest absolute Gasteiger partial charge is 0.279 e. The summed E-state index contributed by atoms with van der Waals surface area (Å²) in [6.07, 6.45) is 3.23. The quantitative estimate of drug-likeness (QED) is 0.477. The monoisotopic (exact) mass is 415 g/mol. The fourth-order valence-electron chi connectivity index (χ4n) is 3.62. The van der Waals surface area contributed by atoms with E-state index >= 15 is 0 Å². The summed E-state index contributed by atoms with van der Waals surface area (Å²) in [6, 6.07) is 5.46. The van der Waals surface area contributed by atoms with E-state index in [2.05, 4.69) is 15.1 Å². The van der Waals surface area contributed by atoms with E-state index in [9.17, 15) is 4.79 Å². The Morgan fingerprint density at radius 2 is 2.10 bits per heavy atom.